The zero-order valence-electron chi connectivity index (χ0n) is 12.7. The predicted octanol–water partition coefficient (Wildman–Crippen LogP) is 2.05. The van der Waals surface area contributed by atoms with E-state index in [1.165, 1.54) is 7.11 Å². The minimum atomic E-state index is -0.591. The minimum Gasteiger partial charge on any atom is -0.467 e. The van der Waals surface area contributed by atoms with Crippen molar-refractivity contribution >= 4 is 34.5 Å². The Balaban J connectivity index is 2.02. The van der Waals surface area contributed by atoms with Gasteiger partial charge in [-0.05, 0) is 35.9 Å². The van der Waals surface area contributed by atoms with Crippen molar-refractivity contribution < 1.29 is 14.3 Å². The van der Waals surface area contributed by atoms with Crippen LogP contribution >= 0.6 is 11.8 Å². The molecule has 0 radical (unpaired) electrons. The normalized spacial score (nSPS) is 12.1. The van der Waals surface area contributed by atoms with Gasteiger partial charge in [0.05, 0.1) is 7.11 Å². The van der Waals surface area contributed by atoms with Crippen LogP contribution < -0.4 is 5.32 Å². The molecule has 0 aliphatic rings. The molecular weight excluding hydrogens is 300 g/mol. The van der Waals surface area contributed by atoms with E-state index in [-0.39, 0.29) is 12.5 Å². The first-order valence-electron chi connectivity index (χ1n) is 7.05. The summed E-state index contributed by atoms with van der Waals surface area (Å²) in [4.78, 5) is 23.9. The van der Waals surface area contributed by atoms with E-state index < -0.39 is 12.0 Å². The number of amides is 1. The van der Waals surface area contributed by atoms with Crippen molar-refractivity contribution in [1.82, 2.24) is 9.88 Å². The summed E-state index contributed by atoms with van der Waals surface area (Å²) in [6.07, 6.45) is 4.40. The summed E-state index contributed by atoms with van der Waals surface area (Å²) in [5, 5.41) is 3.84. The van der Waals surface area contributed by atoms with Crippen molar-refractivity contribution in [3.8, 4) is 0 Å². The van der Waals surface area contributed by atoms with Crippen LogP contribution in [0.3, 0.4) is 0 Å². The average molecular weight is 320 g/mol. The van der Waals surface area contributed by atoms with E-state index in [0.29, 0.717) is 6.42 Å². The number of hydrogen-bond acceptors (Lipinski definition) is 4. The van der Waals surface area contributed by atoms with E-state index in [4.69, 9.17) is 4.74 Å². The van der Waals surface area contributed by atoms with Crippen molar-refractivity contribution in [2.75, 3.05) is 19.1 Å². The number of thioether (sulfide) groups is 1. The first kappa shape index (κ1) is 16.4. The Labute approximate surface area is 134 Å². The third-order valence-corrected chi connectivity index (χ3v) is 4.07. The summed E-state index contributed by atoms with van der Waals surface area (Å²) in [5.74, 6) is 0.185. The molecule has 1 aromatic carbocycles. The third kappa shape index (κ3) is 4.04. The lowest BCUT2D eigenvalue weighted by molar-refractivity contribution is -0.145. The largest absolute Gasteiger partial charge is 0.467 e. The van der Waals surface area contributed by atoms with Gasteiger partial charge in [0.2, 0.25) is 5.91 Å². The van der Waals surface area contributed by atoms with Crippen molar-refractivity contribution in [3.63, 3.8) is 0 Å². The molecule has 2 aromatic rings. The SMILES string of the molecule is COC(=O)[C@H](CCSC)NC(=O)Cn1ccc2ccccc21. The molecule has 1 heterocycles. The molecule has 5 nitrogen and oxygen atoms in total. The number of ether oxygens (including phenoxy) is 1. The van der Waals surface area contributed by atoms with Gasteiger partial charge in [-0.1, -0.05) is 18.2 Å². The maximum Gasteiger partial charge on any atom is 0.328 e. The van der Waals surface area contributed by atoms with E-state index in [1.807, 2.05) is 47.4 Å². The van der Waals surface area contributed by atoms with Crippen LogP contribution in [0.25, 0.3) is 10.9 Å². The van der Waals surface area contributed by atoms with Crippen LogP contribution in [0.2, 0.25) is 0 Å². The number of carbonyl (C=O) groups is 2. The number of nitrogens with one attached hydrogen (secondary N) is 1. The van der Waals surface area contributed by atoms with Gasteiger partial charge in [0.25, 0.3) is 0 Å². The topological polar surface area (TPSA) is 60.3 Å². The smallest absolute Gasteiger partial charge is 0.328 e. The fourth-order valence-electron chi connectivity index (χ4n) is 2.30. The van der Waals surface area contributed by atoms with Crippen LogP contribution in [0.5, 0.6) is 0 Å². The number of aromatic nitrogens is 1. The highest BCUT2D eigenvalue weighted by Crippen LogP contribution is 2.14. The standard InChI is InChI=1S/C16H20N2O3S/c1-21-16(20)13(8-10-22-2)17-15(19)11-18-9-7-12-5-3-4-6-14(12)18/h3-7,9,13H,8,10-11H2,1-2H3,(H,17,19)/t13-/m0/s1. The lowest BCUT2D eigenvalue weighted by Crippen LogP contribution is -2.43. The molecule has 1 aromatic heterocycles. The molecule has 0 fully saturated rings. The number of esters is 1. The lowest BCUT2D eigenvalue weighted by Gasteiger charge is -2.16. The fraction of sp³-hybridized carbons (Fsp3) is 0.375. The number of hydrogen-bond donors (Lipinski definition) is 1. The van der Waals surface area contributed by atoms with Crippen molar-refractivity contribution in [2.24, 2.45) is 0 Å². The monoisotopic (exact) mass is 320 g/mol. The highest BCUT2D eigenvalue weighted by molar-refractivity contribution is 7.98. The first-order chi connectivity index (χ1) is 10.7. The first-order valence-corrected chi connectivity index (χ1v) is 8.45. The van der Waals surface area contributed by atoms with Crippen LogP contribution in [0.1, 0.15) is 6.42 Å². The van der Waals surface area contributed by atoms with Gasteiger partial charge >= 0.3 is 5.97 Å². The molecule has 0 saturated carbocycles. The number of nitrogens with zero attached hydrogens (tertiary/aromatic N) is 1. The Morgan fingerprint density at radius 3 is 2.82 bits per heavy atom. The highest BCUT2D eigenvalue weighted by atomic mass is 32.2. The molecule has 0 aliphatic heterocycles. The van der Waals surface area contributed by atoms with Crippen LogP contribution in [0.4, 0.5) is 0 Å². The van der Waals surface area contributed by atoms with Gasteiger partial charge in [0.15, 0.2) is 0 Å². The second kappa shape index (κ2) is 7.89. The van der Waals surface area contributed by atoms with Gasteiger partial charge in [0.1, 0.15) is 12.6 Å². The van der Waals surface area contributed by atoms with E-state index in [9.17, 15) is 9.59 Å². The summed E-state index contributed by atoms with van der Waals surface area (Å²) in [7, 11) is 1.33. The number of para-hydroxylation sites is 1. The van der Waals surface area contributed by atoms with E-state index in [0.717, 1.165) is 16.7 Å². The molecule has 0 unspecified atom stereocenters. The van der Waals surface area contributed by atoms with Gasteiger partial charge in [-0.3, -0.25) is 4.79 Å². The maximum atomic E-state index is 12.2. The molecule has 0 bridgehead atoms. The van der Waals surface area contributed by atoms with Crippen LogP contribution in [-0.4, -0.2) is 41.6 Å². The zero-order valence-corrected chi connectivity index (χ0v) is 13.6. The maximum absolute atomic E-state index is 12.2. The molecule has 1 amide bonds. The molecule has 1 N–H and O–H groups in total. The quantitative estimate of drug-likeness (QED) is 0.793. The molecule has 0 aliphatic carbocycles. The summed E-state index contributed by atoms with van der Waals surface area (Å²) in [6.45, 7) is 0.181. The Bertz CT molecular complexity index is 654. The molecule has 2 rings (SSSR count). The van der Waals surface area contributed by atoms with Gasteiger partial charge in [0, 0.05) is 11.7 Å². The number of carbonyl (C=O) groups excluding carboxylic acids is 2. The number of benzene rings is 1. The lowest BCUT2D eigenvalue weighted by atomic mass is 10.2. The van der Waals surface area contributed by atoms with E-state index in [2.05, 4.69) is 5.32 Å². The number of methoxy groups -OCH3 is 1. The second-order valence-electron chi connectivity index (χ2n) is 4.93. The molecule has 118 valence electrons. The molecular formula is C16H20N2O3S. The predicted molar refractivity (Wildman–Crippen MR) is 88.9 cm³/mol. The minimum absolute atomic E-state index is 0.181. The summed E-state index contributed by atoms with van der Waals surface area (Å²) >= 11 is 1.63. The van der Waals surface area contributed by atoms with Gasteiger partial charge < -0.3 is 14.6 Å². The van der Waals surface area contributed by atoms with Crippen molar-refractivity contribution in [2.45, 2.75) is 19.0 Å². The van der Waals surface area contributed by atoms with Gasteiger partial charge in [-0.15, -0.1) is 0 Å². The molecule has 22 heavy (non-hydrogen) atoms. The summed E-state index contributed by atoms with van der Waals surface area (Å²) in [6, 6.07) is 9.24. The van der Waals surface area contributed by atoms with Crippen LogP contribution in [-0.2, 0) is 20.9 Å². The van der Waals surface area contributed by atoms with Crippen molar-refractivity contribution in [3.05, 3.63) is 36.5 Å². The van der Waals surface area contributed by atoms with Crippen LogP contribution in [0.15, 0.2) is 36.5 Å². The summed E-state index contributed by atoms with van der Waals surface area (Å²) in [5.41, 5.74) is 0.997. The Hall–Kier alpha value is -1.95. The summed E-state index contributed by atoms with van der Waals surface area (Å²) < 4.78 is 6.61. The average Bonchev–Trinajstić information content (AvgIpc) is 2.93. The Morgan fingerprint density at radius 1 is 1.32 bits per heavy atom. The van der Waals surface area contributed by atoms with E-state index in [1.54, 1.807) is 11.8 Å². The van der Waals surface area contributed by atoms with Gasteiger partial charge in [-0.2, -0.15) is 11.8 Å². The van der Waals surface area contributed by atoms with Crippen molar-refractivity contribution in [1.29, 1.82) is 0 Å². The third-order valence-electron chi connectivity index (χ3n) is 3.43. The molecule has 0 spiro atoms. The Morgan fingerprint density at radius 2 is 2.09 bits per heavy atom. The second-order valence-corrected chi connectivity index (χ2v) is 5.91. The molecule has 6 heteroatoms. The number of fused-ring (bicyclic) bond motifs is 1. The molecule has 0 saturated heterocycles. The molecule has 1 atom stereocenters. The highest BCUT2D eigenvalue weighted by Gasteiger charge is 2.21. The number of rotatable bonds is 7. The van der Waals surface area contributed by atoms with E-state index >= 15 is 0 Å². The Kier molecular flexibility index (Phi) is 5.89. The zero-order chi connectivity index (χ0) is 15.9. The van der Waals surface area contributed by atoms with Crippen LogP contribution in [0, 0.1) is 0 Å². The van der Waals surface area contributed by atoms with Gasteiger partial charge in [-0.25, -0.2) is 4.79 Å². The fourth-order valence-corrected chi connectivity index (χ4v) is 2.77.